The van der Waals surface area contributed by atoms with Crippen molar-refractivity contribution in [3.63, 3.8) is 0 Å². The van der Waals surface area contributed by atoms with E-state index in [4.69, 9.17) is 0 Å². The van der Waals surface area contributed by atoms with Gasteiger partial charge in [-0.2, -0.15) is 10.5 Å². The zero-order valence-corrected chi connectivity index (χ0v) is 10.8. The number of nitriles is 2. The smallest absolute Gasteiger partial charge is 0.0972 e. The second kappa shape index (κ2) is 5.10. The highest BCUT2D eigenvalue weighted by Crippen LogP contribution is 2.39. The number of dihydropyridines is 1. The zero-order valence-electron chi connectivity index (χ0n) is 10.8. The Morgan fingerprint density at radius 3 is 2.17 bits per heavy atom. The van der Waals surface area contributed by atoms with Crippen molar-refractivity contribution in [2.24, 2.45) is 11.8 Å². The van der Waals surface area contributed by atoms with Crippen LogP contribution >= 0.6 is 0 Å². The first-order valence-electron chi connectivity index (χ1n) is 6.32. The van der Waals surface area contributed by atoms with Crippen LogP contribution in [0.1, 0.15) is 33.1 Å². The quantitative estimate of drug-likeness (QED) is 0.715. The second-order valence-corrected chi connectivity index (χ2v) is 4.95. The Bertz CT molecular complexity index is 487. The fourth-order valence-electron chi connectivity index (χ4n) is 2.92. The summed E-state index contributed by atoms with van der Waals surface area (Å²) in [5.74, 6) is 0.359. The average molecular weight is 239 g/mol. The molecule has 0 saturated carbocycles. The third-order valence-corrected chi connectivity index (χ3v) is 3.83. The summed E-state index contributed by atoms with van der Waals surface area (Å²) in [6, 6.07) is 4.59. The Morgan fingerprint density at radius 2 is 1.72 bits per heavy atom. The number of allylic oxidation sites excluding steroid dienone is 6. The van der Waals surface area contributed by atoms with E-state index in [2.05, 4.69) is 29.6 Å². The van der Waals surface area contributed by atoms with E-state index in [1.165, 1.54) is 0 Å². The van der Waals surface area contributed by atoms with E-state index >= 15 is 0 Å². The Balaban J connectivity index is 2.43. The first kappa shape index (κ1) is 12.5. The van der Waals surface area contributed by atoms with Gasteiger partial charge in [0.1, 0.15) is 0 Å². The lowest BCUT2D eigenvalue weighted by atomic mass is 9.73. The average Bonchev–Trinajstić information content (AvgIpc) is 2.39. The van der Waals surface area contributed by atoms with Crippen LogP contribution in [0, 0.1) is 34.5 Å². The molecule has 1 heterocycles. The SMILES string of the molecule is CC1=C(C#N)C(C2CC=CCC2)C(C#N)=C(C)N1. The van der Waals surface area contributed by atoms with Gasteiger partial charge in [0.2, 0.25) is 0 Å². The number of nitrogens with one attached hydrogen (secondary N) is 1. The highest BCUT2D eigenvalue weighted by Gasteiger charge is 2.34. The molecule has 1 atom stereocenters. The Morgan fingerprint density at radius 1 is 1.11 bits per heavy atom. The molecule has 1 aliphatic heterocycles. The lowest BCUT2D eigenvalue weighted by Crippen LogP contribution is -2.29. The molecule has 0 spiro atoms. The molecule has 3 nitrogen and oxygen atoms in total. The molecule has 0 amide bonds. The van der Waals surface area contributed by atoms with Crippen LogP contribution in [0.2, 0.25) is 0 Å². The molecule has 2 aliphatic rings. The molecular formula is C15H17N3. The van der Waals surface area contributed by atoms with Gasteiger partial charge in [0, 0.05) is 17.3 Å². The van der Waals surface area contributed by atoms with Crippen molar-refractivity contribution in [1.82, 2.24) is 5.32 Å². The van der Waals surface area contributed by atoms with Crippen LogP contribution in [0.3, 0.4) is 0 Å². The molecular weight excluding hydrogens is 222 g/mol. The first-order valence-corrected chi connectivity index (χ1v) is 6.32. The van der Waals surface area contributed by atoms with E-state index in [1.807, 2.05) is 13.8 Å². The molecule has 0 aromatic carbocycles. The molecule has 0 radical (unpaired) electrons. The third kappa shape index (κ3) is 2.05. The van der Waals surface area contributed by atoms with Crippen LogP contribution in [0.4, 0.5) is 0 Å². The fraction of sp³-hybridized carbons (Fsp3) is 0.467. The summed E-state index contributed by atoms with van der Waals surface area (Å²) in [7, 11) is 0. The van der Waals surface area contributed by atoms with Crippen molar-refractivity contribution in [2.45, 2.75) is 33.1 Å². The summed E-state index contributed by atoms with van der Waals surface area (Å²) in [6.45, 7) is 3.84. The van der Waals surface area contributed by atoms with Gasteiger partial charge in [0.15, 0.2) is 0 Å². The molecule has 18 heavy (non-hydrogen) atoms. The standard InChI is InChI=1S/C15H17N3/c1-10-13(8-16)15(12-6-4-3-5-7-12)14(9-17)11(2)18-10/h3-4,12,15,18H,5-7H2,1-2H3. The van der Waals surface area contributed by atoms with Crippen LogP contribution in [0.5, 0.6) is 0 Å². The Hall–Kier alpha value is -2.00. The lowest BCUT2D eigenvalue weighted by Gasteiger charge is -2.32. The molecule has 1 aliphatic carbocycles. The molecule has 1 unspecified atom stereocenters. The van der Waals surface area contributed by atoms with Crippen molar-refractivity contribution in [1.29, 1.82) is 10.5 Å². The molecule has 0 aromatic rings. The van der Waals surface area contributed by atoms with Gasteiger partial charge in [-0.15, -0.1) is 0 Å². The highest BCUT2D eigenvalue weighted by atomic mass is 14.9. The van der Waals surface area contributed by atoms with Crippen LogP contribution in [-0.2, 0) is 0 Å². The largest absolute Gasteiger partial charge is 0.361 e. The molecule has 0 fully saturated rings. The summed E-state index contributed by atoms with van der Waals surface area (Å²) in [5, 5.41) is 21.9. The summed E-state index contributed by atoms with van der Waals surface area (Å²) in [5.41, 5.74) is 3.26. The summed E-state index contributed by atoms with van der Waals surface area (Å²) in [6.07, 6.45) is 7.41. The van der Waals surface area contributed by atoms with Crippen LogP contribution in [0.25, 0.3) is 0 Å². The van der Waals surface area contributed by atoms with E-state index in [0.717, 1.165) is 41.8 Å². The number of hydrogen-bond acceptors (Lipinski definition) is 3. The summed E-state index contributed by atoms with van der Waals surface area (Å²) >= 11 is 0. The van der Waals surface area contributed by atoms with E-state index < -0.39 is 0 Å². The van der Waals surface area contributed by atoms with Gasteiger partial charge in [-0.05, 0) is 39.0 Å². The maximum atomic E-state index is 9.36. The minimum absolute atomic E-state index is 0.0220. The number of hydrogen-bond donors (Lipinski definition) is 1. The van der Waals surface area contributed by atoms with Gasteiger partial charge in [0.25, 0.3) is 0 Å². The monoisotopic (exact) mass is 239 g/mol. The van der Waals surface area contributed by atoms with Crippen molar-refractivity contribution in [3.8, 4) is 12.1 Å². The minimum Gasteiger partial charge on any atom is -0.361 e. The maximum Gasteiger partial charge on any atom is 0.0972 e. The highest BCUT2D eigenvalue weighted by molar-refractivity contribution is 5.47. The van der Waals surface area contributed by atoms with Gasteiger partial charge in [0.05, 0.1) is 23.3 Å². The van der Waals surface area contributed by atoms with Gasteiger partial charge in [-0.1, -0.05) is 12.2 Å². The van der Waals surface area contributed by atoms with Crippen molar-refractivity contribution in [3.05, 3.63) is 34.7 Å². The van der Waals surface area contributed by atoms with Crippen molar-refractivity contribution in [2.75, 3.05) is 0 Å². The van der Waals surface area contributed by atoms with Crippen LogP contribution < -0.4 is 5.32 Å². The van der Waals surface area contributed by atoms with Crippen molar-refractivity contribution >= 4 is 0 Å². The van der Waals surface area contributed by atoms with Gasteiger partial charge >= 0.3 is 0 Å². The lowest BCUT2D eigenvalue weighted by molar-refractivity contribution is 0.389. The summed E-state index contributed by atoms with van der Waals surface area (Å²) in [4.78, 5) is 0. The summed E-state index contributed by atoms with van der Waals surface area (Å²) < 4.78 is 0. The second-order valence-electron chi connectivity index (χ2n) is 4.95. The van der Waals surface area contributed by atoms with Crippen LogP contribution in [-0.4, -0.2) is 0 Å². The molecule has 2 rings (SSSR count). The van der Waals surface area contributed by atoms with Gasteiger partial charge in [-0.25, -0.2) is 0 Å². The van der Waals surface area contributed by atoms with Gasteiger partial charge < -0.3 is 5.32 Å². The van der Waals surface area contributed by atoms with E-state index in [0.29, 0.717) is 5.92 Å². The normalized spacial score (nSPS) is 24.6. The molecule has 0 saturated heterocycles. The first-order chi connectivity index (χ1) is 8.69. The minimum atomic E-state index is -0.0220. The van der Waals surface area contributed by atoms with E-state index in [-0.39, 0.29) is 5.92 Å². The van der Waals surface area contributed by atoms with E-state index in [1.54, 1.807) is 0 Å². The number of rotatable bonds is 1. The fourth-order valence-corrected chi connectivity index (χ4v) is 2.92. The predicted octanol–water partition coefficient (Wildman–Crippen LogP) is 3.16. The molecule has 0 aromatic heterocycles. The maximum absolute atomic E-state index is 9.36. The molecule has 1 N–H and O–H groups in total. The van der Waals surface area contributed by atoms with E-state index in [9.17, 15) is 10.5 Å². The molecule has 3 heteroatoms. The predicted molar refractivity (Wildman–Crippen MR) is 69.7 cm³/mol. The van der Waals surface area contributed by atoms with Gasteiger partial charge in [-0.3, -0.25) is 0 Å². The Labute approximate surface area is 108 Å². The number of nitrogens with zero attached hydrogens (tertiary/aromatic N) is 2. The zero-order chi connectivity index (χ0) is 13.1. The van der Waals surface area contributed by atoms with Crippen molar-refractivity contribution < 1.29 is 0 Å². The molecule has 0 bridgehead atoms. The van der Waals surface area contributed by atoms with Crippen LogP contribution in [0.15, 0.2) is 34.7 Å². The Kier molecular flexibility index (Phi) is 3.53. The third-order valence-electron chi connectivity index (χ3n) is 3.83. The topological polar surface area (TPSA) is 59.6 Å². The molecule has 92 valence electrons.